The van der Waals surface area contributed by atoms with Gasteiger partial charge in [0, 0.05) is 12.2 Å². The zero-order valence-electron chi connectivity index (χ0n) is 13.5. The average Bonchev–Trinajstić information content (AvgIpc) is 2.94. The van der Waals surface area contributed by atoms with Crippen LogP contribution in [0, 0.1) is 0 Å². The van der Waals surface area contributed by atoms with Gasteiger partial charge in [-0.2, -0.15) is 0 Å². The van der Waals surface area contributed by atoms with Crippen LogP contribution in [0.25, 0.3) is 0 Å². The molecule has 128 valence electrons. The van der Waals surface area contributed by atoms with Crippen LogP contribution in [0.3, 0.4) is 0 Å². The highest BCUT2D eigenvalue weighted by atomic mass is 16.2. The number of nitrogens with one attached hydrogen (secondary N) is 3. The number of imide groups is 1. The van der Waals surface area contributed by atoms with Gasteiger partial charge in [-0.15, -0.1) is 0 Å². The van der Waals surface area contributed by atoms with Crippen molar-refractivity contribution in [3.63, 3.8) is 0 Å². The topological polar surface area (TPSA) is 90.5 Å². The molecule has 5 amide bonds. The molecule has 0 bridgehead atoms. The maximum Gasteiger partial charge on any atom is 0.324 e. The van der Waals surface area contributed by atoms with Gasteiger partial charge in [-0.05, 0) is 23.3 Å². The largest absolute Gasteiger partial charge is 0.334 e. The van der Waals surface area contributed by atoms with Crippen LogP contribution >= 0.6 is 0 Å². The van der Waals surface area contributed by atoms with E-state index in [2.05, 4.69) is 16.0 Å². The van der Waals surface area contributed by atoms with Crippen molar-refractivity contribution in [3.8, 4) is 0 Å². The summed E-state index contributed by atoms with van der Waals surface area (Å²) in [6.45, 7) is 0.697. The zero-order valence-corrected chi connectivity index (χ0v) is 13.5. The minimum Gasteiger partial charge on any atom is -0.334 e. The van der Waals surface area contributed by atoms with E-state index < -0.39 is 0 Å². The highest BCUT2D eigenvalue weighted by molar-refractivity contribution is 6.01. The third-order valence-corrected chi connectivity index (χ3v) is 3.79. The first-order chi connectivity index (χ1) is 12.1. The Morgan fingerprint density at radius 1 is 1.00 bits per heavy atom. The molecule has 0 aliphatic carbocycles. The van der Waals surface area contributed by atoms with Crippen LogP contribution in [-0.2, 0) is 17.9 Å². The van der Waals surface area contributed by atoms with Crippen molar-refractivity contribution in [1.29, 1.82) is 0 Å². The molecule has 7 nitrogen and oxygen atoms in total. The molecular weight excluding hydrogens is 320 g/mol. The summed E-state index contributed by atoms with van der Waals surface area (Å²) in [5.74, 6) is -0.243. The number of amides is 5. The lowest BCUT2D eigenvalue weighted by molar-refractivity contribution is -0.125. The zero-order chi connectivity index (χ0) is 17.6. The third kappa shape index (κ3) is 4.35. The summed E-state index contributed by atoms with van der Waals surface area (Å²) in [7, 11) is 0. The van der Waals surface area contributed by atoms with Crippen molar-refractivity contribution in [1.82, 2.24) is 15.5 Å². The Hall–Kier alpha value is -3.35. The van der Waals surface area contributed by atoms with Crippen LogP contribution in [0.4, 0.5) is 15.3 Å². The van der Waals surface area contributed by atoms with Gasteiger partial charge in [-0.3, -0.25) is 9.69 Å². The Balaban J connectivity index is 1.51. The fourth-order valence-corrected chi connectivity index (χ4v) is 2.44. The first-order valence-corrected chi connectivity index (χ1v) is 7.88. The van der Waals surface area contributed by atoms with Crippen LogP contribution < -0.4 is 16.0 Å². The standard InChI is InChI=1S/C18H18N4O3/c23-16-11-20-18(25)22(16)12-14-6-8-15(9-7-14)21-17(24)19-10-13-4-2-1-3-5-13/h1-9H,10-12H2,(H,20,25)(H2,19,21,24). The number of hydrogen-bond acceptors (Lipinski definition) is 3. The van der Waals surface area contributed by atoms with E-state index in [4.69, 9.17) is 0 Å². The lowest BCUT2D eigenvalue weighted by atomic mass is 10.2. The molecule has 0 saturated carbocycles. The van der Waals surface area contributed by atoms with E-state index in [1.807, 2.05) is 30.3 Å². The molecule has 0 atom stereocenters. The van der Waals surface area contributed by atoms with E-state index in [1.54, 1.807) is 24.3 Å². The molecule has 0 spiro atoms. The number of urea groups is 2. The Morgan fingerprint density at radius 2 is 1.72 bits per heavy atom. The van der Waals surface area contributed by atoms with Gasteiger partial charge in [0.15, 0.2) is 0 Å². The number of anilines is 1. The SMILES string of the molecule is O=C(NCc1ccccc1)Nc1ccc(CN2C(=O)CNC2=O)cc1. The number of nitrogens with zero attached hydrogens (tertiary/aromatic N) is 1. The highest BCUT2D eigenvalue weighted by Gasteiger charge is 2.28. The molecular formula is C18H18N4O3. The Labute approximate surface area is 145 Å². The van der Waals surface area contributed by atoms with Crippen molar-refractivity contribution < 1.29 is 14.4 Å². The monoisotopic (exact) mass is 338 g/mol. The van der Waals surface area contributed by atoms with Gasteiger partial charge in [0.1, 0.15) is 0 Å². The van der Waals surface area contributed by atoms with Crippen LogP contribution in [0.1, 0.15) is 11.1 Å². The van der Waals surface area contributed by atoms with Crippen molar-refractivity contribution in [2.75, 3.05) is 11.9 Å². The highest BCUT2D eigenvalue weighted by Crippen LogP contribution is 2.13. The summed E-state index contributed by atoms with van der Waals surface area (Å²) in [6.07, 6.45) is 0. The van der Waals surface area contributed by atoms with Crippen molar-refractivity contribution >= 4 is 23.7 Å². The molecule has 1 heterocycles. The molecule has 3 rings (SSSR count). The van der Waals surface area contributed by atoms with E-state index in [0.717, 1.165) is 16.0 Å². The van der Waals surface area contributed by atoms with Crippen LogP contribution in [0.5, 0.6) is 0 Å². The second-order valence-corrected chi connectivity index (χ2v) is 5.63. The van der Waals surface area contributed by atoms with E-state index in [0.29, 0.717) is 12.2 Å². The molecule has 1 aliphatic rings. The predicted octanol–water partition coefficient (Wildman–Crippen LogP) is 2.06. The first kappa shape index (κ1) is 16.5. The number of carbonyl (C=O) groups is 3. The minimum absolute atomic E-state index is 0.0417. The number of rotatable bonds is 5. The van der Waals surface area contributed by atoms with Crippen molar-refractivity contribution in [2.45, 2.75) is 13.1 Å². The van der Waals surface area contributed by atoms with Crippen LogP contribution in [0.15, 0.2) is 54.6 Å². The second kappa shape index (κ2) is 7.48. The smallest absolute Gasteiger partial charge is 0.324 e. The third-order valence-electron chi connectivity index (χ3n) is 3.79. The van der Waals surface area contributed by atoms with Crippen LogP contribution in [-0.4, -0.2) is 29.4 Å². The summed E-state index contributed by atoms with van der Waals surface area (Å²) >= 11 is 0. The molecule has 1 aliphatic heterocycles. The molecule has 7 heteroatoms. The summed E-state index contributed by atoms with van der Waals surface area (Å²) in [4.78, 5) is 36.2. The lowest BCUT2D eigenvalue weighted by Gasteiger charge is -2.13. The van der Waals surface area contributed by atoms with E-state index >= 15 is 0 Å². The fraction of sp³-hybridized carbons (Fsp3) is 0.167. The number of carbonyl (C=O) groups excluding carboxylic acids is 3. The summed E-state index contributed by atoms with van der Waals surface area (Å²) in [5.41, 5.74) is 2.45. The number of hydrogen-bond donors (Lipinski definition) is 3. The fourth-order valence-electron chi connectivity index (χ4n) is 2.44. The minimum atomic E-state index is -0.382. The first-order valence-electron chi connectivity index (χ1n) is 7.88. The Morgan fingerprint density at radius 3 is 2.36 bits per heavy atom. The molecule has 1 fully saturated rings. The maximum absolute atomic E-state index is 11.9. The van der Waals surface area contributed by atoms with Crippen molar-refractivity contribution in [2.24, 2.45) is 0 Å². The van der Waals surface area contributed by atoms with Gasteiger partial charge >= 0.3 is 12.1 Å². The van der Waals surface area contributed by atoms with Gasteiger partial charge in [0.05, 0.1) is 13.1 Å². The maximum atomic E-state index is 11.9. The van der Waals surface area contributed by atoms with Gasteiger partial charge in [0.2, 0.25) is 5.91 Å². The van der Waals surface area contributed by atoms with E-state index in [9.17, 15) is 14.4 Å². The van der Waals surface area contributed by atoms with Crippen LogP contribution in [0.2, 0.25) is 0 Å². The molecule has 25 heavy (non-hydrogen) atoms. The molecule has 0 radical (unpaired) electrons. The molecule has 2 aromatic carbocycles. The average molecular weight is 338 g/mol. The van der Waals surface area contributed by atoms with Gasteiger partial charge < -0.3 is 16.0 Å². The van der Waals surface area contributed by atoms with Gasteiger partial charge in [-0.25, -0.2) is 9.59 Å². The lowest BCUT2D eigenvalue weighted by Crippen LogP contribution is -2.30. The van der Waals surface area contributed by atoms with Crippen molar-refractivity contribution in [3.05, 3.63) is 65.7 Å². The second-order valence-electron chi connectivity index (χ2n) is 5.63. The number of benzene rings is 2. The molecule has 1 saturated heterocycles. The van der Waals surface area contributed by atoms with E-state index in [-0.39, 0.29) is 31.1 Å². The summed E-state index contributed by atoms with van der Waals surface area (Å²) < 4.78 is 0. The summed E-state index contributed by atoms with van der Waals surface area (Å²) in [5, 5.41) is 7.99. The van der Waals surface area contributed by atoms with Gasteiger partial charge in [0.25, 0.3) is 0 Å². The molecule has 2 aromatic rings. The van der Waals surface area contributed by atoms with Gasteiger partial charge in [-0.1, -0.05) is 42.5 Å². The van der Waals surface area contributed by atoms with E-state index in [1.165, 1.54) is 0 Å². The Bertz CT molecular complexity index is 759. The molecule has 3 N–H and O–H groups in total. The Kier molecular flexibility index (Phi) is 4.94. The predicted molar refractivity (Wildman–Crippen MR) is 92.7 cm³/mol. The quantitative estimate of drug-likeness (QED) is 0.729. The molecule has 0 aromatic heterocycles. The summed E-state index contributed by atoms with van der Waals surface area (Å²) in [6, 6.07) is 15.9. The molecule has 0 unspecified atom stereocenters. The normalized spacial score (nSPS) is 13.5.